The summed E-state index contributed by atoms with van der Waals surface area (Å²) >= 11 is 1.36. The Kier molecular flexibility index (Phi) is 7.71. The third-order valence-corrected chi connectivity index (χ3v) is 7.76. The number of likely N-dealkylation sites (tertiary alicyclic amines) is 3. The number of thioether (sulfide) groups is 1. The maximum Gasteiger partial charge on any atom is 0.281 e. The number of nitrogens with zero attached hydrogens (tertiary/aromatic N) is 3. The Morgan fingerprint density at radius 3 is 2.08 bits per heavy atom. The smallest absolute Gasteiger partial charge is 0.281 e. The molecule has 1 amide bonds. The van der Waals surface area contributed by atoms with Crippen molar-refractivity contribution in [2.45, 2.75) is 58.4 Å². The molecule has 3 aliphatic rings. The normalized spacial score (nSPS) is 25.9. The molecule has 3 fully saturated rings. The molecule has 0 bridgehead atoms. The fourth-order valence-corrected chi connectivity index (χ4v) is 5.65. The van der Waals surface area contributed by atoms with E-state index in [0.29, 0.717) is 0 Å². The number of carbonyl (C=O) groups excluding carboxylic acids is 1. The van der Waals surface area contributed by atoms with Gasteiger partial charge in [-0.25, -0.2) is 0 Å². The van der Waals surface area contributed by atoms with E-state index in [1.165, 1.54) is 83.0 Å². The molecule has 4 nitrogen and oxygen atoms in total. The van der Waals surface area contributed by atoms with Gasteiger partial charge in [-0.2, -0.15) is 0 Å². The van der Waals surface area contributed by atoms with Gasteiger partial charge in [-0.1, -0.05) is 25.6 Å². The first kappa shape index (κ1) is 20.5. The summed E-state index contributed by atoms with van der Waals surface area (Å²) in [6, 6.07) is 0.834. The van der Waals surface area contributed by atoms with Crippen molar-refractivity contribution in [2.24, 2.45) is 17.8 Å². The van der Waals surface area contributed by atoms with E-state index in [4.69, 9.17) is 0 Å². The monoisotopic (exact) mass is 381 g/mol. The van der Waals surface area contributed by atoms with Gasteiger partial charge in [0.25, 0.3) is 5.24 Å². The van der Waals surface area contributed by atoms with Crippen LogP contribution in [0.1, 0.15) is 52.4 Å². The number of amides is 1. The van der Waals surface area contributed by atoms with E-state index in [9.17, 15) is 4.79 Å². The Hall–Kier alpha value is -0.260. The molecule has 3 heterocycles. The van der Waals surface area contributed by atoms with Crippen LogP contribution in [0.2, 0.25) is 0 Å². The lowest BCUT2D eigenvalue weighted by molar-refractivity contribution is 0.0604. The van der Waals surface area contributed by atoms with Crippen LogP contribution in [0, 0.1) is 17.8 Å². The third kappa shape index (κ3) is 5.39. The molecule has 0 unspecified atom stereocenters. The molecule has 0 aliphatic carbocycles. The van der Waals surface area contributed by atoms with Crippen LogP contribution < -0.4 is 0 Å². The third-order valence-electron chi connectivity index (χ3n) is 7.15. The standard InChI is InChI=1S/C21H39N3OS/c1-17(2)19-6-14-23(15-7-19)20-8-10-22(11-9-20)16-18-4-12-24(13-5-18)21(25)26-3/h17-20H,4-16H2,1-3H3. The topological polar surface area (TPSA) is 26.8 Å². The molecular formula is C21H39N3OS. The second-order valence-electron chi connectivity index (χ2n) is 9.05. The lowest BCUT2D eigenvalue weighted by Crippen LogP contribution is -2.49. The molecule has 0 radical (unpaired) electrons. The average molecular weight is 382 g/mol. The molecule has 26 heavy (non-hydrogen) atoms. The van der Waals surface area contributed by atoms with Crippen LogP contribution in [-0.2, 0) is 0 Å². The first-order valence-corrected chi connectivity index (χ1v) is 12.1. The molecule has 0 aromatic rings. The Morgan fingerprint density at radius 2 is 1.54 bits per heavy atom. The first-order chi connectivity index (χ1) is 12.6. The molecule has 0 atom stereocenters. The van der Waals surface area contributed by atoms with Gasteiger partial charge in [-0.15, -0.1) is 0 Å². The van der Waals surface area contributed by atoms with Gasteiger partial charge < -0.3 is 14.7 Å². The summed E-state index contributed by atoms with van der Waals surface area (Å²) in [5, 5.41) is 0.255. The fourth-order valence-electron chi connectivity index (χ4n) is 5.21. The van der Waals surface area contributed by atoms with Crippen molar-refractivity contribution in [1.82, 2.24) is 14.7 Å². The Bertz CT molecular complexity index is 435. The van der Waals surface area contributed by atoms with Gasteiger partial charge in [-0.05, 0) is 88.7 Å². The van der Waals surface area contributed by atoms with Crippen LogP contribution in [0.15, 0.2) is 0 Å². The van der Waals surface area contributed by atoms with Crippen LogP contribution in [0.5, 0.6) is 0 Å². The molecule has 0 aromatic carbocycles. The van der Waals surface area contributed by atoms with Crippen LogP contribution in [0.4, 0.5) is 4.79 Å². The van der Waals surface area contributed by atoms with Crippen LogP contribution >= 0.6 is 11.8 Å². The van der Waals surface area contributed by atoms with Gasteiger partial charge in [0.15, 0.2) is 0 Å². The molecule has 3 saturated heterocycles. The quantitative estimate of drug-likeness (QED) is 0.735. The minimum Gasteiger partial charge on any atom is -0.334 e. The Labute approximate surface area is 165 Å². The van der Waals surface area contributed by atoms with E-state index < -0.39 is 0 Å². The van der Waals surface area contributed by atoms with Crippen molar-refractivity contribution in [3.05, 3.63) is 0 Å². The van der Waals surface area contributed by atoms with Crippen molar-refractivity contribution >= 4 is 17.0 Å². The summed E-state index contributed by atoms with van der Waals surface area (Å²) in [4.78, 5) is 19.3. The van der Waals surface area contributed by atoms with E-state index in [0.717, 1.165) is 36.9 Å². The molecule has 150 valence electrons. The predicted molar refractivity (Wildman–Crippen MR) is 112 cm³/mol. The summed E-state index contributed by atoms with van der Waals surface area (Å²) in [6.45, 7) is 13.2. The molecule has 3 aliphatic heterocycles. The highest BCUT2D eigenvalue weighted by atomic mass is 32.2. The van der Waals surface area contributed by atoms with Crippen LogP contribution in [0.25, 0.3) is 0 Å². The van der Waals surface area contributed by atoms with E-state index >= 15 is 0 Å². The predicted octanol–water partition coefficient (Wildman–Crippen LogP) is 4.01. The molecule has 3 rings (SSSR count). The lowest BCUT2D eigenvalue weighted by Gasteiger charge is -2.43. The molecule has 0 spiro atoms. The van der Waals surface area contributed by atoms with Gasteiger partial charge >= 0.3 is 0 Å². The highest BCUT2D eigenvalue weighted by Crippen LogP contribution is 2.29. The van der Waals surface area contributed by atoms with Gasteiger partial charge in [0, 0.05) is 25.7 Å². The zero-order valence-corrected chi connectivity index (χ0v) is 18.0. The Morgan fingerprint density at radius 1 is 0.923 bits per heavy atom. The number of carbonyl (C=O) groups is 1. The number of rotatable bonds is 4. The second-order valence-corrected chi connectivity index (χ2v) is 9.81. The summed E-state index contributed by atoms with van der Waals surface area (Å²) in [5.74, 6) is 2.60. The minimum absolute atomic E-state index is 0.255. The van der Waals surface area contributed by atoms with Crippen LogP contribution in [-0.4, -0.2) is 78.0 Å². The van der Waals surface area contributed by atoms with Crippen LogP contribution in [0.3, 0.4) is 0 Å². The van der Waals surface area contributed by atoms with Gasteiger partial charge in [-0.3, -0.25) is 4.79 Å². The molecule has 0 saturated carbocycles. The minimum atomic E-state index is 0.255. The summed E-state index contributed by atoms with van der Waals surface area (Å²) < 4.78 is 0. The van der Waals surface area contributed by atoms with Crippen molar-refractivity contribution < 1.29 is 4.79 Å². The average Bonchev–Trinajstić information content (AvgIpc) is 2.68. The molecule has 0 N–H and O–H groups in total. The summed E-state index contributed by atoms with van der Waals surface area (Å²) in [6.07, 6.45) is 9.80. The van der Waals surface area contributed by atoms with Crippen molar-refractivity contribution in [2.75, 3.05) is 52.1 Å². The molecule has 0 aromatic heterocycles. The summed E-state index contributed by atoms with van der Waals surface area (Å²) in [7, 11) is 0. The number of piperidine rings is 3. The van der Waals surface area contributed by atoms with Crippen molar-refractivity contribution in [3.63, 3.8) is 0 Å². The van der Waals surface area contributed by atoms with E-state index in [2.05, 4.69) is 23.6 Å². The zero-order valence-electron chi connectivity index (χ0n) is 17.2. The number of hydrogen-bond donors (Lipinski definition) is 0. The number of hydrogen-bond acceptors (Lipinski definition) is 4. The second kappa shape index (κ2) is 9.79. The van der Waals surface area contributed by atoms with Gasteiger partial charge in [0.1, 0.15) is 0 Å². The first-order valence-electron chi connectivity index (χ1n) is 10.9. The largest absolute Gasteiger partial charge is 0.334 e. The molecule has 5 heteroatoms. The SMILES string of the molecule is CSC(=O)N1CCC(CN2CCC(N3CCC(C(C)C)CC3)CC2)CC1. The Balaban J connectivity index is 1.34. The van der Waals surface area contributed by atoms with Crippen molar-refractivity contribution in [1.29, 1.82) is 0 Å². The highest BCUT2D eigenvalue weighted by Gasteiger charge is 2.30. The maximum absolute atomic E-state index is 11.8. The lowest BCUT2D eigenvalue weighted by atomic mass is 9.85. The van der Waals surface area contributed by atoms with Gasteiger partial charge in [0.2, 0.25) is 0 Å². The van der Waals surface area contributed by atoms with Crippen molar-refractivity contribution in [3.8, 4) is 0 Å². The van der Waals surface area contributed by atoms with E-state index in [1.54, 1.807) is 0 Å². The summed E-state index contributed by atoms with van der Waals surface area (Å²) in [5.41, 5.74) is 0. The van der Waals surface area contributed by atoms with E-state index in [1.807, 2.05) is 11.2 Å². The van der Waals surface area contributed by atoms with E-state index in [-0.39, 0.29) is 5.24 Å². The maximum atomic E-state index is 11.8. The molecular weight excluding hydrogens is 342 g/mol. The zero-order chi connectivity index (χ0) is 18.5. The van der Waals surface area contributed by atoms with Gasteiger partial charge in [0.05, 0.1) is 0 Å². The fraction of sp³-hybridized carbons (Fsp3) is 0.952. The highest BCUT2D eigenvalue weighted by molar-refractivity contribution is 8.12.